The van der Waals surface area contributed by atoms with Crippen LogP contribution in [0.15, 0.2) is 0 Å². The lowest BCUT2D eigenvalue weighted by Gasteiger charge is -2.27. The van der Waals surface area contributed by atoms with Gasteiger partial charge in [0.05, 0.1) is 0 Å². The van der Waals surface area contributed by atoms with E-state index >= 15 is 0 Å². The number of rotatable bonds is 2. The Morgan fingerprint density at radius 1 is 1.06 bits per heavy atom. The first-order chi connectivity index (χ1) is 7.96. The zero-order chi connectivity index (χ0) is 12.9. The highest BCUT2D eigenvalue weighted by Gasteiger charge is 2.31. The van der Waals surface area contributed by atoms with E-state index in [4.69, 9.17) is 4.74 Å². The van der Waals surface area contributed by atoms with Crippen LogP contribution in [-0.4, -0.2) is 13.2 Å². The van der Waals surface area contributed by atoms with E-state index in [1.54, 1.807) is 0 Å². The minimum absolute atomic E-state index is 0.694. The second kappa shape index (κ2) is 6.78. The van der Waals surface area contributed by atoms with E-state index in [1.807, 2.05) is 0 Å². The largest absolute Gasteiger partial charge is 0.381 e. The molecule has 0 N–H and O–H groups in total. The fraction of sp³-hybridized carbons (Fsp3) is 1.00. The van der Waals surface area contributed by atoms with Crippen LogP contribution >= 0.6 is 0 Å². The molecule has 0 radical (unpaired) electrons. The molecule has 2 rings (SSSR count). The van der Waals surface area contributed by atoms with E-state index in [9.17, 15) is 0 Å². The second-order valence-corrected chi connectivity index (χ2v) is 6.88. The fourth-order valence-electron chi connectivity index (χ4n) is 2.84. The highest BCUT2D eigenvalue weighted by atomic mass is 16.5. The van der Waals surface area contributed by atoms with E-state index in [2.05, 4.69) is 34.6 Å². The van der Waals surface area contributed by atoms with Gasteiger partial charge < -0.3 is 4.74 Å². The Hall–Kier alpha value is -0.0400. The van der Waals surface area contributed by atoms with Gasteiger partial charge in [-0.15, -0.1) is 0 Å². The van der Waals surface area contributed by atoms with Crippen molar-refractivity contribution in [1.29, 1.82) is 0 Å². The third kappa shape index (κ3) is 4.62. The first-order valence-electron chi connectivity index (χ1n) is 7.53. The van der Waals surface area contributed by atoms with Gasteiger partial charge in [-0.05, 0) is 42.4 Å². The van der Waals surface area contributed by atoms with Crippen LogP contribution in [0.2, 0.25) is 0 Å². The van der Waals surface area contributed by atoms with Crippen LogP contribution in [0.1, 0.15) is 66.7 Å². The van der Waals surface area contributed by atoms with Gasteiger partial charge in [-0.3, -0.25) is 0 Å². The van der Waals surface area contributed by atoms with Crippen molar-refractivity contribution in [3.8, 4) is 0 Å². The van der Waals surface area contributed by atoms with Crippen molar-refractivity contribution in [3.05, 3.63) is 0 Å². The molecule has 0 aromatic rings. The molecule has 1 heteroatoms. The molecule has 0 spiro atoms. The zero-order valence-corrected chi connectivity index (χ0v) is 12.6. The van der Waals surface area contributed by atoms with Crippen LogP contribution in [0.25, 0.3) is 0 Å². The number of ether oxygens (including phenoxy) is 1. The summed E-state index contributed by atoms with van der Waals surface area (Å²) in [5, 5.41) is 0. The van der Waals surface area contributed by atoms with Gasteiger partial charge in [0.15, 0.2) is 0 Å². The van der Waals surface area contributed by atoms with E-state index < -0.39 is 0 Å². The highest BCUT2D eigenvalue weighted by Crippen LogP contribution is 2.43. The molecule has 1 atom stereocenters. The molecule has 1 aliphatic carbocycles. The SMILES string of the molecule is CC(C)C1(C)CCCC1.CC(C)C1CCOC1. The lowest BCUT2D eigenvalue weighted by atomic mass is 9.78. The molecule has 1 heterocycles. The Bertz CT molecular complexity index is 196. The van der Waals surface area contributed by atoms with Crippen molar-refractivity contribution >= 4 is 0 Å². The monoisotopic (exact) mass is 240 g/mol. The Balaban J connectivity index is 0.000000171. The molecule has 0 amide bonds. The smallest absolute Gasteiger partial charge is 0.0497 e. The maximum Gasteiger partial charge on any atom is 0.0497 e. The summed E-state index contributed by atoms with van der Waals surface area (Å²) in [6.07, 6.45) is 7.14. The minimum Gasteiger partial charge on any atom is -0.381 e. The molecule has 1 nitrogen and oxygen atoms in total. The first kappa shape index (κ1) is 15.0. The van der Waals surface area contributed by atoms with Crippen molar-refractivity contribution in [2.75, 3.05) is 13.2 Å². The van der Waals surface area contributed by atoms with Gasteiger partial charge in [-0.25, -0.2) is 0 Å². The summed E-state index contributed by atoms with van der Waals surface area (Å²) in [5.74, 6) is 2.55. The van der Waals surface area contributed by atoms with Crippen LogP contribution in [-0.2, 0) is 4.74 Å². The summed E-state index contributed by atoms with van der Waals surface area (Å²) in [6.45, 7) is 13.7. The summed E-state index contributed by atoms with van der Waals surface area (Å²) in [6, 6.07) is 0. The Morgan fingerprint density at radius 3 is 1.88 bits per heavy atom. The highest BCUT2D eigenvalue weighted by molar-refractivity contribution is 4.82. The third-order valence-electron chi connectivity index (χ3n) is 5.05. The van der Waals surface area contributed by atoms with Crippen molar-refractivity contribution in [2.45, 2.75) is 66.7 Å². The van der Waals surface area contributed by atoms with Crippen molar-refractivity contribution in [3.63, 3.8) is 0 Å². The van der Waals surface area contributed by atoms with Crippen LogP contribution < -0.4 is 0 Å². The number of hydrogen-bond donors (Lipinski definition) is 0. The van der Waals surface area contributed by atoms with Gasteiger partial charge in [-0.2, -0.15) is 0 Å². The standard InChI is InChI=1S/C9H18.C7H14O/c1-8(2)9(3)6-4-5-7-9;1-6(2)7-3-4-8-5-7/h8H,4-7H2,1-3H3;6-7H,3-5H2,1-2H3. The van der Waals surface area contributed by atoms with Gasteiger partial charge in [-0.1, -0.05) is 47.5 Å². The third-order valence-corrected chi connectivity index (χ3v) is 5.05. The molecule has 102 valence electrons. The molecule has 1 aliphatic heterocycles. The molecule has 1 unspecified atom stereocenters. The Labute approximate surface area is 108 Å². The van der Waals surface area contributed by atoms with E-state index in [0.717, 1.165) is 31.0 Å². The van der Waals surface area contributed by atoms with Crippen LogP contribution in [0.3, 0.4) is 0 Å². The van der Waals surface area contributed by atoms with E-state index in [1.165, 1.54) is 32.1 Å². The predicted molar refractivity (Wildman–Crippen MR) is 75.2 cm³/mol. The second-order valence-electron chi connectivity index (χ2n) is 6.88. The van der Waals surface area contributed by atoms with Crippen LogP contribution in [0.5, 0.6) is 0 Å². The van der Waals surface area contributed by atoms with Crippen LogP contribution in [0.4, 0.5) is 0 Å². The van der Waals surface area contributed by atoms with Gasteiger partial charge >= 0.3 is 0 Å². The topological polar surface area (TPSA) is 9.23 Å². The molecule has 2 aliphatic rings. The van der Waals surface area contributed by atoms with Gasteiger partial charge in [0, 0.05) is 13.2 Å². The van der Waals surface area contributed by atoms with Crippen molar-refractivity contribution in [1.82, 2.24) is 0 Å². The predicted octanol–water partition coefficient (Wildman–Crippen LogP) is 4.90. The quantitative estimate of drug-likeness (QED) is 0.667. The van der Waals surface area contributed by atoms with Gasteiger partial charge in [0.1, 0.15) is 0 Å². The summed E-state index contributed by atoms with van der Waals surface area (Å²) >= 11 is 0. The maximum absolute atomic E-state index is 5.22. The Kier molecular flexibility index (Phi) is 5.99. The summed E-state index contributed by atoms with van der Waals surface area (Å²) < 4.78 is 5.22. The molecular formula is C16H32O. The summed E-state index contributed by atoms with van der Waals surface area (Å²) in [5.41, 5.74) is 0.694. The molecule has 0 aromatic carbocycles. The normalized spacial score (nSPS) is 27.4. The maximum atomic E-state index is 5.22. The lowest BCUT2D eigenvalue weighted by Crippen LogP contribution is -2.18. The van der Waals surface area contributed by atoms with Crippen LogP contribution in [0, 0.1) is 23.2 Å². The molecular weight excluding hydrogens is 208 g/mol. The van der Waals surface area contributed by atoms with Gasteiger partial charge in [0.2, 0.25) is 0 Å². The molecule has 0 aromatic heterocycles. The molecule has 2 fully saturated rings. The number of hydrogen-bond acceptors (Lipinski definition) is 1. The fourth-order valence-corrected chi connectivity index (χ4v) is 2.84. The first-order valence-corrected chi connectivity index (χ1v) is 7.53. The average molecular weight is 240 g/mol. The summed E-state index contributed by atoms with van der Waals surface area (Å²) in [4.78, 5) is 0. The molecule has 0 bridgehead atoms. The van der Waals surface area contributed by atoms with Crippen molar-refractivity contribution in [2.24, 2.45) is 23.2 Å². The van der Waals surface area contributed by atoms with E-state index in [-0.39, 0.29) is 0 Å². The molecule has 1 saturated carbocycles. The zero-order valence-electron chi connectivity index (χ0n) is 12.6. The van der Waals surface area contributed by atoms with Gasteiger partial charge in [0.25, 0.3) is 0 Å². The lowest BCUT2D eigenvalue weighted by molar-refractivity contribution is 0.177. The van der Waals surface area contributed by atoms with E-state index in [0.29, 0.717) is 5.41 Å². The molecule has 1 saturated heterocycles. The summed E-state index contributed by atoms with van der Waals surface area (Å²) in [7, 11) is 0. The minimum atomic E-state index is 0.694. The molecule has 17 heavy (non-hydrogen) atoms. The van der Waals surface area contributed by atoms with Crippen molar-refractivity contribution < 1.29 is 4.74 Å². The average Bonchev–Trinajstić information content (AvgIpc) is 2.88. The Morgan fingerprint density at radius 2 is 1.65 bits per heavy atom.